The van der Waals surface area contributed by atoms with Gasteiger partial charge >= 0.3 is 0 Å². The van der Waals surface area contributed by atoms with Crippen molar-refractivity contribution in [3.8, 4) is 61.3 Å². The van der Waals surface area contributed by atoms with Crippen LogP contribution in [0.5, 0.6) is 0 Å². The van der Waals surface area contributed by atoms with Gasteiger partial charge in [-0.2, -0.15) is 0 Å². The number of para-hydroxylation sites is 2. The minimum atomic E-state index is -0.556. The Morgan fingerprint density at radius 2 is 0.816 bits per heavy atom. The topological polar surface area (TPSA) is 21.3 Å². The fraction of sp³-hybridized carbons (Fsp3) is 0.0137. The van der Waals surface area contributed by atoms with E-state index in [9.17, 15) is 0 Å². The number of furan rings is 1. The Labute approximate surface area is 440 Å². The summed E-state index contributed by atoms with van der Waals surface area (Å²) < 4.78 is 9.23. The Morgan fingerprint density at radius 3 is 1.55 bits per heavy atom. The molecule has 3 heteroatoms. The Balaban J connectivity index is 0.915. The van der Waals surface area contributed by atoms with Crippen LogP contribution in [0.25, 0.3) is 105 Å². The van der Waals surface area contributed by atoms with Gasteiger partial charge in [-0.15, -0.1) is 0 Å². The van der Waals surface area contributed by atoms with Crippen LogP contribution < -0.4 is 4.90 Å². The lowest BCUT2D eigenvalue weighted by Crippen LogP contribution is -2.26. The Hall–Kier alpha value is -9.96. The van der Waals surface area contributed by atoms with Crippen molar-refractivity contribution in [1.29, 1.82) is 0 Å². The van der Waals surface area contributed by atoms with Crippen LogP contribution in [0.1, 0.15) is 22.3 Å². The summed E-state index contributed by atoms with van der Waals surface area (Å²) in [7, 11) is 0. The van der Waals surface area contributed by atoms with E-state index in [-0.39, 0.29) is 0 Å². The average molecular weight is 967 g/mol. The molecule has 16 rings (SSSR count). The molecule has 2 aromatic heterocycles. The summed E-state index contributed by atoms with van der Waals surface area (Å²) in [5.74, 6) is 0. The highest BCUT2D eigenvalue weighted by atomic mass is 16.3. The van der Waals surface area contributed by atoms with E-state index in [1.807, 2.05) is 0 Å². The van der Waals surface area contributed by atoms with Crippen LogP contribution in [0, 0.1) is 0 Å². The smallest absolute Gasteiger partial charge is 0.137 e. The fourth-order valence-corrected chi connectivity index (χ4v) is 13.1. The molecule has 1 unspecified atom stereocenters. The van der Waals surface area contributed by atoms with E-state index in [1.54, 1.807) is 0 Å². The van der Waals surface area contributed by atoms with Crippen LogP contribution in [-0.4, -0.2) is 4.57 Å². The summed E-state index contributed by atoms with van der Waals surface area (Å²) in [6, 6.07) is 103. The molecule has 0 amide bonds. The third-order valence-electron chi connectivity index (χ3n) is 16.4. The minimum Gasteiger partial charge on any atom is -0.456 e. The van der Waals surface area contributed by atoms with E-state index in [2.05, 4.69) is 289 Å². The van der Waals surface area contributed by atoms with E-state index in [1.165, 1.54) is 88.6 Å². The van der Waals surface area contributed by atoms with Gasteiger partial charge < -0.3 is 13.9 Å². The second kappa shape index (κ2) is 16.5. The molecule has 0 bridgehead atoms. The van der Waals surface area contributed by atoms with Gasteiger partial charge in [-0.05, 0) is 163 Å². The molecule has 3 nitrogen and oxygen atoms in total. The molecule has 0 aliphatic heterocycles. The molecule has 76 heavy (non-hydrogen) atoms. The highest BCUT2D eigenvalue weighted by molar-refractivity contribution is 6.15. The zero-order valence-electron chi connectivity index (χ0n) is 41.4. The Kier molecular flexibility index (Phi) is 9.25. The van der Waals surface area contributed by atoms with Gasteiger partial charge in [0, 0.05) is 33.2 Å². The Morgan fingerprint density at radius 1 is 0.303 bits per heavy atom. The van der Waals surface area contributed by atoms with E-state index in [0.717, 1.165) is 55.8 Å². The van der Waals surface area contributed by atoms with Gasteiger partial charge in [0.1, 0.15) is 11.2 Å². The van der Waals surface area contributed by atoms with E-state index < -0.39 is 5.41 Å². The first-order chi connectivity index (χ1) is 37.7. The predicted octanol–water partition coefficient (Wildman–Crippen LogP) is 19.5. The van der Waals surface area contributed by atoms with Crippen LogP contribution in [0.15, 0.2) is 283 Å². The van der Waals surface area contributed by atoms with Crippen LogP contribution in [0.3, 0.4) is 0 Å². The van der Waals surface area contributed by atoms with Crippen molar-refractivity contribution in [3.05, 3.63) is 301 Å². The number of aromatic nitrogens is 1. The van der Waals surface area contributed by atoms with Crippen molar-refractivity contribution in [3.63, 3.8) is 0 Å². The normalized spacial score (nSPS) is 14.1. The predicted molar refractivity (Wildman–Crippen MR) is 315 cm³/mol. The molecular weight excluding hydrogens is 921 g/mol. The molecule has 2 aliphatic carbocycles. The molecule has 354 valence electrons. The zero-order chi connectivity index (χ0) is 49.9. The zero-order valence-corrected chi connectivity index (χ0v) is 41.4. The monoisotopic (exact) mass is 966 g/mol. The van der Waals surface area contributed by atoms with Gasteiger partial charge in [-0.25, -0.2) is 0 Å². The highest BCUT2D eigenvalue weighted by Gasteiger charge is 2.52. The van der Waals surface area contributed by atoms with Crippen LogP contribution in [-0.2, 0) is 5.41 Å². The highest BCUT2D eigenvalue weighted by Crippen LogP contribution is 2.64. The number of hydrogen-bond donors (Lipinski definition) is 0. The molecule has 2 aliphatic rings. The van der Waals surface area contributed by atoms with Gasteiger partial charge in [0.05, 0.1) is 27.5 Å². The summed E-state index contributed by atoms with van der Waals surface area (Å²) in [6.07, 6.45) is 0. The van der Waals surface area contributed by atoms with Gasteiger partial charge in [-0.3, -0.25) is 0 Å². The molecular formula is C73H46N2O. The number of rotatable bonds is 7. The van der Waals surface area contributed by atoms with Crippen LogP contribution >= 0.6 is 0 Å². The van der Waals surface area contributed by atoms with Crippen molar-refractivity contribution >= 4 is 60.8 Å². The first-order valence-corrected chi connectivity index (χ1v) is 26.2. The second-order valence-electron chi connectivity index (χ2n) is 20.3. The van der Waals surface area contributed by atoms with Crippen molar-refractivity contribution in [2.24, 2.45) is 0 Å². The quantitative estimate of drug-likeness (QED) is 0.159. The summed E-state index contributed by atoms with van der Waals surface area (Å²) in [6.45, 7) is 0. The summed E-state index contributed by atoms with van der Waals surface area (Å²) in [5.41, 5.74) is 25.2. The van der Waals surface area contributed by atoms with Crippen molar-refractivity contribution in [2.45, 2.75) is 5.41 Å². The lowest BCUT2D eigenvalue weighted by molar-refractivity contribution is 0.669. The lowest BCUT2D eigenvalue weighted by Gasteiger charge is -2.32. The third kappa shape index (κ3) is 6.17. The fourth-order valence-electron chi connectivity index (χ4n) is 13.1. The number of fused-ring (bicyclic) bond motifs is 16. The lowest BCUT2D eigenvalue weighted by atomic mass is 9.70. The molecule has 2 heterocycles. The number of benzene rings is 12. The number of anilines is 3. The molecule has 0 radical (unpaired) electrons. The van der Waals surface area contributed by atoms with Crippen LogP contribution in [0.4, 0.5) is 17.1 Å². The molecule has 0 saturated carbocycles. The summed E-state index contributed by atoms with van der Waals surface area (Å²) in [4.78, 5) is 2.46. The van der Waals surface area contributed by atoms with Gasteiger partial charge in [0.2, 0.25) is 0 Å². The van der Waals surface area contributed by atoms with Crippen molar-refractivity contribution in [1.82, 2.24) is 4.57 Å². The molecule has 12 aromatic carbocycles. The van der Waals surface area contributed by atoms with Gasteiger partial charge in [-0.1, -0.05) is 194 Å². The molecule has 0 fully saturated rings. The first kappa shape index (κ1) is 42.5. The Bertz CT molecular complexity index is 4610. The molecule has 1 atom stereocenters. The minimum absolute atomic E-state index is 0.556. The summed E-state index contributed by atoms with van der Waals surface area (Å²) in [5, 5.41) is 4.59. The van der Waals surface area contributed by atoms with Gasteiger partial charge in [0.15, 0.2) is 0 Å². The first-order valence-electron chi connectivity index (χ1n) is 26.2. The largest absolute Gasteiger partial charge is 0.456 e. The maximum absolute atomic E-state index is 6.85. The van der Waals surface area contributed by atoms with E-state index in [4.69, 9.17) is 4.42 Å². The third-order valence-corrected chi connectivity index (χ3v) is 16.4. The van der Waals surface area contributed by atoms with Crippen LogP contribution in [0.2, 0.25) is 0 Å². The van der Waals surface area contributed by atoms with E-state index >= 15 is 0 Å². The molecule has 0 N–H and O–H groups in total. The summed E-state index contributed by atoms with van der Waals surface area (Å²) >= 11 is 0. The maximum Gasteiger partial charge on any atom is 0.137 e. The second-order valence-corrected chi connectivity index (χ2v) is 20.3. The van der Waals surface area contributed by atoms with E-state index in [0.29, 0.717) is 0 Å². The standard InChI is InChI=1S/C73H46N2O/c1-4-17-47(18-5-1)49-31-36-54(37-32-49)74(55-38-40-59-57-24-11-14-27-64(57)73(66(59)46-55)63-26-13-10-23-56(63)58-39-33-52(45-65(58)73)48-19-6-2-7-20-48)69-29-16-30-71-72(69)62-44-51(35-42-70(62)76-71)50-34-41-68-61(43-50)60-25-12-15-28-67(60)75(68)53-21-8-3-9-22-53/h1-46H. The number of nitrogens with zero attached hydrogens (tertiary/aromatic N) is 2. The van der Waals surface area contributed by atoms with Gasteiger partial charge in [0.25, 0.3) is 0 Å². The SMILES string of the molecule is c1ccc(-c2ccc(N(c3ccc4c(c3)C3(c5ccccc5-c5ccc(-c6ccccc6)cc53)c3ccccc3-4)c3cccc4oc5ccc(-c6ccc7c(c6)c6ccccc6n7-c6ccccc6)cc5c34)cc2)cc1. The van der Waals surface area contributed by atoms with Crippen molar-refractivity contribution < 1.29 is 4.42 Å². The molecule has 14 aromatic rings. The molecule has 0 saturated heterocycles. The number of hydrogen-bond acceptors (Lipinski definition) is 2. The van der Waals surface area contributed by atoms with Crippen molar-refractivity contribution in [2.75, 3.05) is 4.90 Å². The average Bonchev–Trinajstić information content (AvgIpc) is 4.36. The maximum atomic E-state index is 6.85. The molecule has 1 spiro atoms.